The molecule has 0 saturated carbocycles. The Labute approximate surface area is 151 Å². The van der Waals surface area contributed by atoms with Gasteiger partial charge in [0.05, 0.1) is 18.1 Å². The molecular formula is C17H13F2N5O3. The summed E-state index contributed by atoms with van der Waals surface area (Å²) < 4.78 is 42.7. The van der Waals surface area contributed by atoms with Crippen molar-refractivity contribution in [2.45, 2.75) is 13.0 Å². The smallest absolute Gasteiger partial charge is 0.394 e. The molecule has 4 rings (SSSR count). The van der Waals surface area contributed by atoms with Crippen LogP contribution in [-0.2, 0) is 0 Å². The second-order valence-corrected chi connectivity index (χ2v) is 5.64. The molecule has 27 heavy (non-hydrogen) atoms. The zero-order valence-corrected chi connectivity index (χ0v) is 14.3. The SMILES string of the molecule is COc1ccc(-n2c(-c3cocn3)nc3cc(OC(C)(F)F)ccc32)nn1. The maximum atomic E-state index is 13.2. The minimum absolute atomic E-state index is 0.00725. The maximum Gasteiger partial charge on any atom is 0.394 e. The first-order chi connectivity index (χ1) is 12.9. The molecule has 0 unspecified atom stereocenters. The summed E-state index contributed by atoms with van der Waals surface area (Å²) >= 11 is 0. The molecule has 0 saturated heterocycles. The van der Waals surface area contributed by atoms with Crippen LogP contribution in [0, 0.1) is 0 Å². The summed E-state index contributed by atoms with van der Waals surface area (Å²) in [5.41, 5.74) is 1.48. The Morgan fingerprint density at radius 1 is 1.15 bits per heavy atom. The number of alkyl halides is 2. The lowest BCUT2D eigenvalue weighted by atomic mass is 10.3. The number of ether oxygens (including phenoxy) is 2. The standard InChI is InChI=1S/C17H13F2N5O3/c1-17(18,19)27-10-3-4-13-11(7-10)21-16(12-8-26-9-20-12)24(13)14-5-6-15(25-2)23-22-14/h3-9H,1-2H3. The fraction of sp³-hybridized carbons (Fsp3) is 0.176. The summed E-state index contributed by atoms with van der Waals surface area (Å²) in [7, 11) is 1.49. The number of oxazole rings is 1. The summed E-state index contributed by atoms with van der Waals surface area (Å²) in [5, 5.41) is 8.09. The molecule has 1 aromatic carbocycles. The van der Waals surface area contributed by atoms with E-state index < -0.39 is 6.11 Å². The molecule has 138 valence electrons. The lowest BCUT2D eigenvalue weighted by Crippen LogP contribution is -2.18. The summed E-state index contributed by atoms with van der Waals surface area (Å²) in [6.07, 6.45) is -0.607. The molecule has 8 nitrogen and oxygen atoms in total. The third-order valence-corrected chi connectivity index (χ3v) is 3.65. The first-order valence-electron chi connectivity index (χ1n) is 7.80. The highest BCUT2D eigenvalue weighted by atomic mass is 19.3. The van der Waals surface area contributed by atoms with Crippen molar-refractivity contribution in [3.8, 4) is 29.0 Å². The minimum Gasteiger partial charge on any atom is -0.480 e. The predicted molar refractivity (Wildman–Crippen MR) is 90.0 cm³/mol. The van der Waals surface area contributed by atoms with E-state index in [4.69, 9.17) is 9.15 Å². The molecule has 0 aliphatic carbocycles. The van der Waals surface area contributed by atoms with Crippen molar-refractivity contribution in [1.82, 2.24) is 24.7 Å². The lowest BCUT2D eigenvalue weighted by molar-refractivity contribution is -0.158. The van der Waals surface area contributed by atoms with Crippen molar-refractivity contribution in [3.63, 3.8) is 0 Å². The van der Waals surface area contributed by atoms with Crippen LogP contribution < -0.4 is 9.47 Å². The van der Waals surface area contributed by atoms with E-state index in [2.05, 4.69) is 24.9 Å². The summed E-state index contributed by atoms with van der Waals surface area (Å²) in [4.78, 5) is 8.59. The van der Waals surface area contributed by atoms with Gasteiger partial charge < -0.3 is 13.9 Å². The number of methoxy groups -OCH3 is 1. The van der Waals surface area contributed by atoms with Gasteiger partial charge in [-0.05, 0) is 18.2 Å². The fourth-order valence-corrected chi connectivity index (χ4v) is 2.60. The van der Waals surface area contributed by atoms with Crippen LogP contribution in [0.3, 0.4) is 0 Å². The van der Waals surface area contributed by atoms with Crippen LogP contribution in [0.5, 0.6) is 11.6 Å². The number of benzene rings is 1. The highest BCUT2D eigenvalue weighted by molar-refractivity contribution is 5.83. The number of nitrogens with zero attached hydrogens (tertiary/aromatic N) is 5. The molecule has 10 heteroatoms. The molecule has 4 aromatic rings. The normalized spacial score (nSPS) is 11.7. The Bertz CT molecular complexity index is 1070. The van der Waals surface area contributed by atoms with Gasteiger partial charge in [-0.2, -0.15) is 8.78 Å². The molecule has 0 amide bonds. The Morgan fingerprint density at radius 3 is 2.63 bits per heavy atom. The Balaban J connectivity index is 1.90. The predicted octanol–water partition coefficient (Wildman–Crippen LogP) is 3.47. The molecule has 0 radical (unpaired) electrons. The minimum atomic E-state index is -3.30. The first kappa shape index (κ1) is 16.9. The highest BCUT2D eigenvalue weighted by Crippen LogP contribution is 2.31. The molecule has 0 bridgehead atoms. The van der Waals surface area contributed by atoms with E-state index >= 15 is 0 Å². The molecule has 0 spiro atoms. The summed E-state index contributed by atoms with van der Waals surface area (Å²) in [6, 6.07) is 7.81. The van der Waals surface area contributed by atoms with Crippen LogP contribution in [0.15, 0.2) is 47.4 Å². The number of aromatic nitrogens is 5. The Hall–Kier alpha value is -3.56. The quantitative estimate of drug-likeness (QED) is 0.529. The summed E-state index contributed by atoms with van der Waals surface area (Å²) in [6.45, 7) is 0.670. The van der Waals surface area contributed by atoms with Crippen molar-refractivity contribution >= 4 is 11.0 Å². The molecule has 0 atom stereocenters. The molecule has 0 fully saturated rings. The van der Waals surface area contributed by atoms with Crippen LogP contribution in [0.25, 0.3) is 28.4 Å². The maximum absolute atomic E-state index is 13.2. The van der Waals surface area contributed by atoms with Crippen molar-refractivity contribution < 1.29 is 22.7 Å². The van der Waals surface area contributed by atoms with Crippen LogP contribution in [-0.4, -0.2) is 38.0 Å². The van der Waals surface area contributed by atoms with E-state index in [9.17, 15) is 8.78 Å². The van der Waals surface area contributed by atoms with Gasteiger partial charge in [0.2, 0.25) is 5.88 Å². The number of hydrogen-bond donors (Lipinski definition) is 0. The monoisotopic (exact) mass is 373 g/mol. The van der Waals surface area contributed by atoms with E-state index in [1.54, 1.807) is 22.8 Å². The van der Waals surface area contributed by atoms with E-state index in [0.29, 0.717) is 41.2 Å². The summed E-state index contributed by atoms with van der Waals surface area (Å²) in [5.74, 6) is 1.21. The molecule has 3 aromatic heterocycles. The number of imidazole rings is 1. The van der Waals surface area contributed by atoms with E-state index in [-0.39, 0.29) is 5.75 Å². The third kappa shape index (κ3) is 3.28. The Morgan fingerprint density at radius 2 is 2.00 bits per heavy atom. The van der Waals surface area contributed by atoms with Crippen molar-refractivity contribution in [2.75, 3.05) is 7.11 Å². The average Bonchev–Trinajstić information content (AvgIpc) is 3.27. The van der Waals surface area contributed by atoms with Crippen LogP contribution in [0.1, 0.15) is 6.92 Å². The van der Waals surface area contributed by atoms with Gasteiger partial charge in [-0.1, -0.05) is 0 Å². The number of rotatable bonds is 5. The van der Waals surface area contributed by atoms with Crippen LogP contribution in [0.4, 0.5) is 8.78 Å². The zero-order chi connectivity index (χ0) is 19.0. The third-order valence-electron chi connectivity index (χ3n) is 3.65. The second-order valence-electron chi connectivity index (χ2n) is 5.64. The van der Waals surface area contributed by atoms with E-state index in [1.165, 1.54) is 31.9 Å². The topological polar surface area (TPSA) is 88.1 Å². The molecule has 0 N–H and O–H groups in total. The van der Waals surface area contributed by atoms with Gasteiger partial charge in [-0.3, -0.25) is 4.57 Å². The van der Waals surface area contributed by atoms with E-state index in [0.717, 1.165) is 0 Å². The average molecular weight is 373 g/mol. The molecule has 3 heterocycles. The van der Waals surface area contributed by atoms with Gasteiger partial charge >= 0.3 is 6.11 Å². The van der Waals surface area contributed by atoms with Gasteiger partial charge in [0, 0.05) is 19.1 Å². The molecular weight excluding hydrogens is 360 g/mol. The van der Waals surface area contributed by atoms with Gasteiger partial charge in [-0.15, -0.1) is 10.2 Å². The number of halogens is 2. The number of hydrogen-bond acceptors (Lipinski definition) is 7. The largest absolute Gasteiger partial charge is 0.480 e. The fourth-order valence-electron chi connectivity index (χ4n) is 2.60. The zero-order valence-electron chi connectivity index (χ0n) is 14.3. The van der Waals surface area contributed by atoms with Gasteiger partial charge in [0.15, 0.2) is 18.0 Å². The molecule has 0 aliphatic rings. The Kier molecular flexibility index (Phi) is 3.94. The van der Waals surface area contributed by atoms with Crippen molar-refractivity contribution in [2.24, 2.45) is 0 Å². The van der Waals surface area contributed by atoms with Gasteiger partial charge in [-0.25, -0.2) is 9.97 Å². The lowest BCUT2D eigenvalue weighted by Gasteiger charge is -2.12. The number of fused-ring (bicyclic) bond motifs is 1. The van der Waals surface area contributed by atoms with Crippen molar-refractivity contribution in [3.05, 3.63) is 43.0 Å². The van der Waals surface area contributed by atoms with Crippen LogP contribution >= 0.6 is 0 Å². The van der Waals surface area contributed by atoms with Crippen LogP contribution in [0.2, 0.25) is 0 Å². The molecule has 0 aliphatic heterocycles. The van der Waals surface area contributed by atoms with Crippen molar-refractivity contribution in [1.29, 1.82) is 0 Å². The van der Waals surface area contributed by atoms with Gasteiger partial charge in [0.1, 0.15) is 17.7 Å². The highest BCUT2D eigenvalue weighted by Gasteiger charge is 2.24. The van der Waals surface area contributed by atoms with E-state index in [1.807, 2.05) is 0 Å². The first-order valence-corrected chi connectivity index (χ1v) is 7.80. The second kappa shape index (κ2) is 6.31. The van der Waals surface area contributed by atoms with Gasteiger partial charge in [0.25, 0.3) is 0 Å².